The molecular formula is C80H54N4OPt. The molecule has 2 aliphatic carbocycles. The molecule has 0 unspecified atom stereocenters. The van der Waals surface area contributed by atoms with E-state index in [0.29, 0.717) is 0 Å². The molecule has 0 atom stereocenters. The molecule has 0 saturated heterocycles. The Balaban J connectivity index is 1.10. The molecule has 410 valence electrons. The number of para-hydroxylation sites is 4. The molecule has 16 bridgehead atoms. The van der Waals surface area contributed by atoms with Crippen molar-refractivity contribution in [2.45, 2.75) is 38.5 Å². The van der Waals surface area contributed by atoms with Crippen LogP contribution in [0.25, 0.3) is 89.0 Å². The number of hydrogen-bond acceptors (Lipinski definition) is 5. The van der Waals surface area contributed by atoms with Gasteiger partial charge in [-0.1, -0.05) is 0 Å². The molecule has 7 aliphatic rings. The summed E-state index contributed by atoms with van der Waals surface area (Å²) in [4.78, 5) is 10.6. The summed E-state index contributed by atoms with van der Waals surface area (Å²) in [6.07, 6.45) is 0. The Kier molecular flexibility index (Phi) is 9.77. The molecular weight excluding hydrogens is 1230 g/mol. The summed E-state index contributed by atoms with van der Waals surface area (Å²) in [6, 6.07) is 97.5. The molecule has 0 spiro atoms. The summed E-state index contributed by atoms with van der Waals surface area (Å²) in [5, 5.41) is 0. The van der Waals surface area contributed by atoms with Crippen molar-refractivity contribution in [3.05, 3.63) is 277 Å². The van der Waals surface area contributed by atoms with Crippen LogP contribution in [0.4, 0.5) is 45.5 Å². The number of hydrogen-bond donors (Lipinski definition) is 0. The van der Waals surface area contributed by atoms with E-state index in [1.165, 1.54) is 120 Å². The van der Waals surface area contributed by atoms with Crippen LogP contribution < -0.4 is 24.3 Å². The maximum atomic E-state index is 7.02. The van der Waals surface area contributed by atoms with Crippen LogP contribution in [0.1, 0.15) is 49.9 Å². The zero-order valence-corrected chi connectivity index (χ0v) is 50.0. The second-order valence-electron chi connectivity index (χ2n) is 24.8. The first kappa shape index (κ1) is 48.4. The topological polar surface area (TPSA) is 22.2 Å². The van der Waals surface area contributed by atoms with Crippen molar-refractivity contribution in [1.82, 2.24) is 0 Å². The van der Waals surface area contributed by atoms with Gasteiger partial charge in [-0.15, -0.1) is 0 Å². The number of anilines is 8. The van der Waals surface area contributed by atoms with E-state index in [1.54, 1.807) is 0 Å². The van der Waals surface area contributed by atoms with Crippen LogP contribution in [0.5, 0.6) is 11.5 Å². The summed E-state index contributed by atoms with van der Waals surface area (Å²) in [5.74, 6) is 1.56. The number of benzene rings is 12. The van der Waals surface area contributed by atoms with Gasteiger partial charge in [0.1, 0.15) is 0 Å². The third-order valence-electron chi connectivity index (χ3n) is 19.4. The molecule has 0 aromatic heterocycles. The minimum atomic E-state index is -1.29. The van der Waals surface area contributed by atoms with Gasteiger partial charge in [0.05, 0.1) is 0 Å². The molecule has 0 N–H and O–H groups in total. The van der Waals surface area contributed by atoms with Crippen molar-refractivity contribution in [1.29, 1.82) is 0 Å². The van der Waals surface area contributed by atoms with E-state index in [2.05, 4.69) is 302 Å². The predicted molar refractivity (Wildman–Crippen MR) is 352 cm³/mol. The summed E-state index contributed by atoms with van der Waals surface area (Å²) in [5.41, 5.74) is 32.9. The van der Waals surface area contributed by atoms with E-state index in [0.717, 1.165) is 57.0 Å². The molecule has 86 heavy (non-hydrogen) atoms. The van der Waals surface area contributed by atoms with Crippen molar-refractivity contribution in [2.75, 3.05) is 19.6 Å². The van der Waals surface area contributed by atoms with Crippen molar-refractivity contribution >= 4 is 53.8 Å². The van der Waals surface area contributed by atoms with Crippen LogP contribution in [0.15, 0.2) is 255 Å². The van der Waals surface area contributed by atoms with Gasteiger partial charge in [0.15, 0.2) is 0 Å². The summed E-state index contributed by atoms with van der Waals surface area (Å²) < 4.78 is 9.43. The fourth-order valence-corrected chi connectivity index (χ4v) is 18.9. The van der Waals surface area contributed by atoms with Gasteiger partial charge in [-0.05, 0) is 0 Å². The van der Waals surface area contributed by atoms with E-state index in [1.807, 2.05) is 0 Å². The Hall–Kier alpha value is -9.93. The van der Waals surface area contributed by atoms with Crippen molar-refractivity contribution in [2.24, 2.45) is 0 Å². The minimum absolute atomic E-state index is 0.254. The van der Waals surface area contributed by atoms with E-state index in [9.17, 15) is 0 Å². The fraction of sp³-hybridized carbons (Fsp3) is 0.0750. The average molecular weight is 1280 g/mol. The third-order valence-corrected chi connectivity index (χ3v) is 22.5. The van der Waals surface area contributed by atoms with Crippen molar-refractivity contribution < 1.29 is 22.4 Å². The van der Waals surface area contributed by atoms with Crippen LogP contribution in [-0.2, 0) is 28.5 Å². The molecule has 19 rings (SSSR count). The van der Waals surface area contributed by atoms with Gasteiger partial charge >= 0.3 is 512 Å². The summed E-state index contributed by atoms with van der Waals surface area (Å²) in [6.45, 7) is 9.66. The number of fused-ring (bicyclic) bond motifs is 18. The van der Waals surface area contributed by atoms with Gasteiger partial charge in [-0.25, -0.2) is 0 Å². The average Bonchev–Trinajstić information content (AvgIpc) is 1.56. The maximum absolute atomic E-state index is 7.02. The summed E-state index contributed by atoms with van der Waals surface area (Å²) in [7, 11) is 0. The Morgan fingerprint density at radius 2 is 0.581 bits per heavy atom. The molecule has 0 fully saturated rings. The molecule has 12 aromatic carbocycles. The van der Waals surface area contributed by atoms with Crippen LogP contribution in [0.3, 0.4) is 0 Å². The number of ether oxygens (including phenoxy) is 1. The van der Waals surface area contributed by atoms with E-state index in [4.69, 9.17) is 4.74 Å². The quantitative estimate of drug-likeness (QED) is 0.172. The number of rotatable bonds is 2. The van der Waals surface area contributed by atoms with Crippen molar-refractivity contribution in [3.63, 3.8) is 0 Å². The summed E-state index contributed by atoms with van der Waals surface area (Å²) >= 11 is -1.29. The first-order chi connectivity index (χ1) is 42.1. The van der Waals surface area contributed by atoms with Gasteiger partial charge in [0.25, 0.3) is 0 Å². The Morgan fingerprint density at radius 1 is 0.267 bits per heavy atom. The van der Waals surface area contributed by atoms with E-state index >= 15 is 0 Å². The van der Waals surface area contributed by atoms with Crippen LogP contribution >= 0.6 is 0 Å². The first-order valence-corrected chi connectivity index (χ1v) is 32.1. The molecule has 5 aliphatic heterocycles. The van der Waals surface area contributed by atoms with E-state index in [-0.39, 0.29) is 10.8 Å². The zero-order chi connectivity index (χ0) is 56.9. The van der Waals surface area contributed by atoms with Gasteiger partial charge in [-0.2, -0.15) is 0 Å². The Bertz CT molecular complexity index is 4640. The molecule has 6 heteroatoms. The SMILES string of the molecule is CC1(C)c2ccc3cc2-c2cc(ccc21)-c1cc(-c2ccccc2)cc2c1N1[C]4=[Pt]=[C]5N(c6cccc(c6)Oc6cccc(c6)N4c4ccccc41)c1ccccc1N5c1c-3cc(-c3ccccc3)cc1-c1ccc3c(c1)-c1cc-2ccc1C3(C)C. The molecule has 5 nitrogen and oxygen atoms in total. The second-order valence-corrected chi connectivity index (χ2v) is 27.4. The molecule has 0 saturated carbocycles. The monoisotopic (exact) mass is 1280 g/mol. The van der Waals surface area contributed by atoms with Gasteiger partial charge in [0.2, 0.25) is 0 Å². The van der Waals surface area contributed by atoms with Crippen LogP contribution in [0, 0.1) is 0 Å². The third kappa shape index (κ3) is 6.64. The van der Waals surface area contributed by atoms with Crippen LogP contribution in [-0.4, -0.2) is 8.29 Å². The molecule has 12 aromatic rings. The fourth-order valence-electron chi connectivity index (χ4n) is 15.3. The van der Waals surface area contributed by atoms with Crippen LogP contribution in [0.2, 0.25) is 0 Å². The van der Waals surface area contributed by atoms with Gasteiger partial charge < -0.3 is 0 Å². The first-order valence-electron chi connectivity index (χ1n) is 29.8. The Morgan fingerprint density at radius 3 is 0.930 bits per heavy atom. The molecule has 5 heterocycles. The Labute approximate surface area is 508 Å². The second kappa shape index (κ2) is 17.3. The predicted octanol–water partition coefficient (Wildman–Crippen LogP) is 20.6. The standard InChI is InChI=1S/C80H54N4O.Pt/c1-79(2)69-33-29-51-37-65(69)66-38-52(30-34-70(66)79)62-42-56(50-19-9-6-10-20-50)44-64-54-32-36-72-68(40-54)67-39-53(31-35-71(67)80(72,3)4)63-43-55(49-17-7-5-8-18-49)41-61(51)77(63)83-47-81(73-25-11-13-27-75(73)83)57-21-15-23-59(45-57)85-60-24-16-22-58(46-60)82-48-84(78(62)64)76-28-14-12-26-74(76)82;/h5-46H,1-4H3;. The molecule has 0 radical (unpaired) electrons. The zero-order valence-electron chi connectivity index (χ0n) is 47.8. The number of nitrogens with zero attached hydrogens (tertiary/aromatic N) is 4. The van der Waals surface area contributed by atoms with E-state index < -0.39 is 17.6 Å². The normalized spacial score (nSPS) is 15.6. The van der Waals surface area contributed by atoms with Gasteiger partial charge in [0, 0.05) is 0 Å². The van der Waals surface area contributed by atoms with Gasteiger partial charge in [-0.3, -0.25) is 0 Å². The van der Waals surface area contributed by atoms with Crippen molar-refractivity contribution in [3.8, 4) is 101 Å². The molecule has 0 amide bonds.